The molecule has 1 N–H and O–H groups in total. The topological polar surface area (TPSA) is 60.0 Å². The van der Waals surface area contributed by atoms with E-state index in [2.05, 4.69) is 34.5 Å². The van der Waals surface area contributed by atoms with E-state index in [1.54, 1.807) is 14.2 Å². The van der Waals surface area contributed by atoms with Crippen LogP contribution in [0.3, 0.4) is 0 Å². The van der Waals surface area contributed by atoms with Crippen LogP contribution in [0.2, 0.25) is 0 Å². The van der Waals surface area contributed by atoms with Crippen LogP contribution >= 0.6 is 0 Å². The van der Waals surface area contributed by atoms with Crippen molar-refractivity contribution in [1.29, 1.82) is 0 Å². The van der Waals surface area contributed by atoms with E-state index in [1.807, 2.05) is 25.1 Å². The third-order valence-corrected chi connectivity index (χ3v) is 6.51. The number of benzene rings is 2. The highest BCUT2D eigenvalue weighted by atomic mass is 16.5. The standard InChI is InChI=1S/C25H32N2O4/c1-4-31-25(28)20-16-27-11-10-18-12-23(29-2)24(30-3)13-19(18)22(27)14-21(20)26-15-17-8-6-5-7-9-17/h5-9,12-13,20-22,26H,4,10-11,14-16H2,1-3H3. The minimum absolute atomic E-state index is 0.0413. The second-order valence-corrected chi connectivity index (χ2v) is 8.23. The lowest BCUT2D eigenvalue weighted by atomic mass is 9.80. The van der Waals surface area contributed by atoms with Gasteiger partial charge in [0.1, 0.15) is 0 Å². The zero-order chi connectivity index (χ0) is 21.8. The Balaban J connectivity index is 1.60. The number of nitrogens with zero attached hydrogens (tertiary/aromatic N) is 1. The van der Waals surface area contributed by atoms with E-state index >= 15 is 0 Å². The van der Waals surface area contributed by atoms with Gasteiger partial charge in [-0.1, -0.05) is 30.3 Å². The zero-order valence-corrected chi connectivity index (χ0v) is 18.6. The molecule has 0 spiro atoms. The number of methoxy groups -OCH3 is 2. The number of hydrogen-bond acceptors (Lipinski definition) is 6. The molecule has 6 nitrogen and oxygen atoms in total. The fraction of sp³-hybridized carbons (Fsp3) is 0.480. The van der Waals surface area contributed by atoms with Crippen LogP contribution in [0.15, 0.2) is 42.5 Å². The molecule has 1 saturated heterocycles. The van der Waals surface area contributed by atoms with Crippen molar-refractivity contribution in [1.82, 2.24) is 10.2 Å². The molecule has 2 aliphatic rings. The molecule has 2 aromatic rings. The van der Waals surface area contributed by atoms with Gasteiger partial charge in [0.15, 0.2) is 11.5 Å². The predicted octanol–water partition coefficient (Wildman–Crippen LogP) is 3.34. The van der Waals surface area contributed by atoms with Gasteiger partial charge in [0.2, 0.25) is 0 Å². The number of esters is 1. The van der Waals surface area contributed by atoms with Crippen molar-refractivity contribution in [3.63, 3.8) is 0 Å². The lowest BCUT2D eigenvalue weighted by Crippen LogP contribution is -2.55. The van der Waals surface area contributed by atoms with Crippen LogP contribution in [0.4, 0.5) is 0 Å². The molecule has 166 valence electrons. The smallest absolute Gasteiger partial charge is 0.311 e. The Hall–Kier alpha value is -2.57. The van der Waals surface area contributed by atoms with E-state index in [4.69, 9.17) is 14.2 Å². The van der Waals surface area contributed by atoms with Gasteiger partial charge in [-0.3, -0.25) is 9.69 Å². The molecular formula is C25H32N2O4. The molecule has 1 fully saturated rings. The number of hydrogen-bond donors (Lipinski definition) is 1. The van der Waals surface area contributed by atoms with Crippen LogP contribution in [0.25, 0.3) is 0 Å². The first-order chi connectivity index (χ1) is 15.1. The van der Waals surface area contributed by atoms with Crippen LogP contribution in [0, 0.1) is 5.92 Å². The highest BCUT2D eigenvalue weighted by molar-refractivity contribution is 5.74. The van der Waals surface area contributed by atoms with Crippen molar-refractivity contribution >= 4 is 5.97 Å². The van der Waals surface area contributed by atoms with Crippen LogP contribution in [0.5, 0.6) is 11.5 Å². The van der Waals surface area contributed by atoms with Crippen molar-refractivity contribution in [2.45, 2.75) is 38.4 Å². The van der Waals surface area contributed by atoms with Crippen molar-refractivity contribution < 1.29 is 19.0 Å². The summed E-state index contributed by atoms with van der Waals surface area (Å²) >= 11 is 0. The summed E-state index contributed by atoms with van der Waals surface area (Å²) in [4.78, 5) is 15.2. The molecule has 3 atom stereocenters. The zero-order valence-electron chi connectivity index (χ0n) is 18.6. The minimum atomic E-state index is -0.179. The molecule has 0 aliphatic carbocycles. The van der Waals surface area contributed by atoms with E-state index in [-0.39, 0.29) is 24.0 Å². The van der Waals surface area contributed by atoms with Gasteiger partial charge in [0, 0.05) is 31.7 Å². The van der Waals surface area contributed by atoms with Crippen molar-refractivity contribution in [3.8, 4) is 11.5 Å². The summed E-state index contributed by atoms with van der Waals surface area (Å²) in [5, 5.41) is 3.66. The molecule has 0 saturated carbocycles. The largest absolute Gasteiger partial charge is 0.493 e. The SMILES string of the molecule is CCOC(=O)C1CN2CCc3cc(OC)c(OC)cc3C2CC1NCc1ccccc1. The summed E-state index contributed by atoms with van der Waals surface area (Å²) in [7, 11) is 3.35. The molecular weight excluding hydrogens is 392 g/mol. The summed E-state index contributed by atoms with van der Waals surface area (Å²) < 4.78 is 16.5. The molecule has 4 rings (SSSR count). The molecule has 2 aromatic carbocycles. The minimum Gasteiger partial charge on any atom is -0.493 e. The monoisotopic (exact) mass is 424 g/mol. The molecule has 6 heteroatoms. The van der Waals surface area contributed by atoms with Gasteiger partial charge in [-0.05, 0) is 48.6 Å². The first-order valence-corrected chi connectivity index (χ1v) is 11.1. The molecule has 0 aromatic heterocycles. The van der Waals surface area contributed by atoms with Crippen molar-refractivity contribution in [3.05, 3.63) is 59.2 Å². The summed E-state index contributed by atoms with van der Waals surface area (Å²) in [5.41, 5.74) is 3.79. The van der Waals surface area contributed by atoms with Crippen LogP contribution in [-0.4, -0.2) is 50.8 Å². The Morgan fingerprint density at radius 2 is 1.87 bits per heavy atom. The van der Waals surface area contributed by atoms with Gasteiger partial charge < -0.3 is 19.5 Å². The molecule has 0 amide bonds. The molecule has 0 bridgehead atoms. The van der Waals surface area contributed by atoms with Gasteiger partial charge in [0.05, 0.1) is 26.7 Å². The Morgan fingerprint density at radius 1 is 1.13 bits per heavy atom. The van der Waals surface area contributed by atoms with E-state index in [0.717, 1.165) is 37.4 Å². The molecule has 2 heterocycles. The average Bonchev–Trinajstić information content (AvgIpc) is 2.81. The van der Waals surface area contributed by atoms with E-state index in [9.17, 15) is 4.79 Å². The van der Waals surface area contributed by atoms with Gasteiger partial charge in [-0.2, -0.15) is 0 Å². The fourth-order valence-electron chi connectivity index (χ4n) is 4.92. The van der Waals surface area contributed by atoms with Crippen LogP contribution < -0.4 is 14.8 Å². The normalized spacial score (nSPS) is 22.9. The Bertz CT molecular complexity index is 902. The maximum atomic E-state index is 12.8. The van der Waals surface area contributed by atoms with Crippen LogP contribution in [-0.2, 0) is 22.5 Å². The van der Waals surface area contributed by atoms with E-state index in [1.165, 1.54) is 16.7 Å². The van der Waals surface area contributed by atoms with Gasteiger partial charge in [-0.15, -0.1) is 0 Å². The number of rotatable bonds is 7. The van der Waals surface area contributed by atoms with Gasteiger partial charge >= 0.3 is 5.97 Å². The molecule has 31 heavy (non-hydrogen) atoms. The number of carbonyl (C=O) groups is 1. The van der Waals surface area contributed by atoms with Crippen LogP contribution in [0.1, 0.15) is 36.1 Å². The summed E-state index contributed by atoms with van der Waals surface area (Å²) in [6.07, 6.45) is 1.78. The molecule has 2 aliphatic heterocycles. The van der Waals surface area contributed by atoms with Gasteiger partial charge in [-0.25, -0.2) is 0 Å². The number of carbonyl (C=O) groups excluding carboxylic acids is 1. The highest BCUT2D eigenvalue weighted by Crippen LogP contribution is 2.43. The summed E-state index contributed by atoms with van der Waals surface area (Å²) in [6.45, 7) is 4.63. The van der Waals surface area contributed by atoms with E-state index < -0.39 is 0 Å². The molecule has 3 unspecified atom stereocenters. The predicted molar refractivity (Wildman–Crippen MR) is 119 cm³/mol. The second kappa shape index (κ2) is 9.71. The number of ether oxygens (including phenoxy) is 3. The second-order valence-electron chi connectivity index (χ2n) is 8.23. The quantitative estimate of drug-likeness (QED) is 0.688. The third kappa shape index (κ3) is 4.55. The summed E-state index contributed by atoms with van der Waals surface area (Å²) in [6, 6.07) is 14.8. The first kappa shape index (κ1) is 21.7. The van der Waals surface area contributed by atoms with E-state index in [0.29, 0.717) is 13.2 Å². The Morgan fingerprint density at radius 3 is 2.58 bits per heavy atom. The fourth-order valence-corrected chi connectivity index (χ4v) is 4.92. The maximum Gasteiger partial charge on any atom is 0.311 e. The average molecular weight is 425 g/mol. The third-order valence-electron chi connectivity index (χ3n) is 6.51. The molecule has 0 radical (unpaired) electrons. The number of nitrogens with one attached hydrogen (secondary N) is 1. The van der Waals surface area contributed by atoms with Gasteiger partial charge in [0.25, 0.3) is 0 Å². The maximum absolute atomic E-state index is 12.8. The number of fused-ring (bicyclic) bond motifs is 3. The Kier molecular flexibility index (Phi) is 6.78. The lowest BCUT2D eigenvalue weighted by Gasteiger charge is -2.46. The van der Waals surface area contributed by atoms with Crippen molar-refractivity contribution in [2.24, 2.45) is 5.92 Å². The van der Waals surface area contributed by atoms with Crippen molar-refractivity contribution in [2.75, 3.05) is 33.9 Å². The highest BCUT2D eigenvalue weighted by Gasteiger charge is 2.42. The lowest BCUT2D eigenvalue weighted by molar-refractivity contribution is -0.152. The first-order valence-electron chi connectivity index (χ1n) is 11.1. The Labute approximate surface area is 184 Å². The number of piperidine rings is 1. The summed E-state index contributed by atoms with van der Waals surface area (Å²) in [5.74, 6) is 1.24.